The minimum Gasteiger partial charge on any atom is -0.296 e. The summed E-state index contributed by atoms with van der Waals surface area (Å²) in [6.45, 7) is 3.76. The molecule has 0 aliphatic carbocycles. The number of hydrogen-bond acceptors (Lipinski definition) is 2. The molecule has 56 valence electrons. The molecule has 0 radical (unpaired) electrons. The van der Waals surface area contributed by atoms with E-state index in [1.807, 2.05) is 13.8 Å². The predicted molar refractivity (Wildman–Crippen MR) is 36.1 cm³/mol. The second kappa shape index (κ2) is 2.40. The zero-order valence-corrected chi connectivity index (χ0v) is 6.18. The number of carbonyl (C=O) groups is 2. The number of nitrogens with one attached hydrogen (secondary N) is 1. The fourth-order valence-corrected chi connectivity index (χ4v) is 1.03. The summed E-state index contributed by atoms with van der Waals surface area (Å²) in [5.41, 5.74) is 0. The van der Waals surface area contributed by atoms with E-state index < -0.39 is 0 Å². The number of rotatable bonds is 0. The molecule has 1 N–H and O–H groups in total. The lowest BCUT2D eigenvalue weighted by atomic mass is 9.89. The highest BCUT2D eigenvalue weighted by Crippen LogP contribution is 2.18. The number of piperidine rings is 1. The summed E-state index contributed by atoms with van der Waals surface area (Å²) in [5.74, 6) is -0.0988. The van der Waals surface area contributed by atoms with Crippen molar-refractivity contribution in [2.24, 2.45) is 11.8 Å². The van der Waals surface area contributed by atoms with Crippen molar-refractivity contribution < 1.29 is 9.59 Å². The molecule has 2 unspecified atom stereocenters. The molecular formula is C7H11NO2. The molecule has 3 heteroatoms. The van der Waals surface area contributed by atoms with Gasteiger partial charge >= 0.3 is 0 Å². The lowest BCUT2D eigenvalue weighted by Crippen LogP contribution is -2.43. The molecule has 1 heterocycles. The normalized spacial score (nSPS) is 33.8. The fourth-order valence-electron chi connectivity index (χ4n) is 1.03. The van der Waals surface area contributed by atoms with Gasteiger partial charge in [-0.3, -0.25) is 14.9 Å². The monoisotopic (exact) mass is 141 g/mol. The Morgan fingerprint density at radius 1 is 1.40 bits per heavy atom. The lowest BCUT2D eigenvalue weighted by Gasteiger charge is -2.23. The van der Waals surface area contributed by atoms with Crippen LogP contribution in [-0.4, -0.2) is 11.8 Å². The highest BCUT2D eigenvalue weighted by molar-refractivity contribution is 5.98. The fraction of sp³-hybridized carbons (Fsp3) is 0.714. The van der Waals surface area contributed by atoms with Crippen LogP contribution in [0.4, 0.5) is 0 Å². The first-order valence-corrected chi connectivity index (χ1v) is 3.45. The van der Waals surface area contributed by atoms with Crippen LogP contribution in [0.25, 0.3) is 0 Å². The highest BCUT2D eigenvalue weighted by atomic mass is 16.2. The molecule has 2 atom stereocenters. The Morgan fingerprint density at radius 2 is 2.00 bits per heavy atom. The van der Waals surface area contributed by atoms with Crippen LogP contribution in [0.5, 0.6) is 0 Å². The summed E-state index contributed by atoms with van der Waals surface area (Å²) < 4.78 is 0. The molecule has 0 saturated carbocycles. The van der Waals surface area contributed by atoms with Crippen LogP contribution in [0.1, 0.15) is 20.3 Å². The van der Waals surface area contributed by atoms with Gasteiger partial charge in [0.2, 0.25) is 11.8 Å². The van der Waals surface area contributed by atoms with Gasteiger partial charge in [0.05, 0.1) is 0 Å². The molecule has 0 aromatic carbocycles. The van der Waals surface area contributed by atoms with Gasteiger partial charge in [-0.2, -0.15) is 0 Å². The lowest BCUT2D eigenvalue weighted by molar-refractivity contribution is -0.138. The Morgan fingerprint density at radius 3 is 2.50 bits per heavy atom. The van der Waals surface area contributed by atoms with E-state index in [0.717, 1.165) is 0 Å². The summed E-state index contributed by atoms with van der Waals surface area (Å²) >= 11 is 0. The second-order valence-electron chi connectivity index (χ2n) is 2.88. The van der Waals surface area contributed by atoms with Crippen molar-refractivity contribution in [1.29, 1.82) is 0 Å². The number of hydrogen-bond donors (Lipinski definition) is 1. The van der Waals surface area contributed by atoms with Crippen molar-refractivity contribution in [2.75, 3.05) is 0 Å². The first kappa shape index (κ1) is 7.25. The Labute approximate surface area is 59.8 Å². The van der Waals surface area contributed by atoms with E-state index in [0.29, 0.717) is 6.42 Å². The van der Waals surface area contributed by atoms with E-state index in [1.165, 1.54) is 0 Å². The average Bonchev–Trinajstić information content (AvgIpc) is 1.82. The Hall–Kier alpha value is -0.860. The van der Waals surface area contributed by atoms with Crippen LogP contribution >= 0.6 is 0 Å². The first-order valence-electron chi connectivity index (χ1n) is 3.45. The molecule has 2 amide bonds. The van der Waals surface area contributed by atoms with Gasteiger partial charge in [0.15, 0.2) is 0 Å². The maximum absolute atomic E-state index is 10.9. The van der Waals surface area contributed by atoms with Crippen molar-refractivity contribution in [3.05, 3.63) is 0 Å². The molecule has 10 heavy (non-hydrogen) atoms. The first-order chi connectivity index (χ1) is 4.61. The van der Waals surface area contributed by atoms with Gasteiger partial charge in [-0.25, -0.2) is 0 Å². The summed E-state index contributed by atoms with van der Waals surface area (Å²) in [6.07, 6.45) is 0.479. The zero-order chi connectivity index (χ0) is 7.72. The standard InChI is InChI=1S/C7H11NO2/c1-4-3-6(9)8-7(10)5(4)2/h4-5H,3H2,1-2H3,(H,8,9,10). The molecule has 3 nitrogen and oxygen atoms in total. The SMILES string of the molecule is CC1CC(=O)NC(=O)C1C. The van der Waals surface area contributed by atoms with Crippen LogP contribution in [0.15, 0.2) is 0 Å². The van der Waals surface area contributed by atoms with Crippen molar-refractivity contribution in [1.82, 2.24) is 5.32 Å². The smallest absolute Gasteiger partial charge is 0.229 e. The van der Waals surface area contributed by atoms with Crippen molar-refractivity contribution in [3.8, 4) is 0 Å². The van der Waals surface area contributed by atoms with Gasteiger partial charge in [-0.15, -0.1) is 0 Å². The van der Waals surface area contributed by atoms with Crippen LogP contribution < -0.4 is 5.32 Å². The van der Waals surface area contributed by atoms with E-state index in [9.17, 15) is 9.59 Å². The predicted octanol–water partition coefficient (Wildman–Crippen LogP) is 0.305. The number of carbonyl (C=O) groups excluding carboxylic acids is 2. The highest BCUT2D eigenvalue weighted by Gasteiger charge is 2.28. The third kappa shape index (κ3) is 1.17. The quantitative estimate of drug-likeness (QED) is 0.493. The third-order valence-electron chi connectivity index (χ3n) is 2.04. The minimum absolute atomic E-state index is 0.0160. The van der Waals surface area contributed by atoms with Gasteiger partial charge in [-0.1, -0.05) is 13.8 Å². The molecule has 1 fully saturated rings. The van der Waals surface area contributed by atoms with Gasteiger partial charge in [0.25, 0.3) is 0 Å². The maximum Gasteiger partial charge on any atom is 0.229 e. The van der Waals surface area contributed by atoms with Crippen molar-refractivity contribution >= 4 is 11.8 Å². The Balaban J connectivity index is 2.66. The van der Waals surface area contributed by atoms with Gasteiger partial charge in [0.1, 0.15) is 0 Å². The molecule has 0 spiro atoms. The summed E-state index contributed by atoms with van der Waals surface area (Å²) in [7, 11) is 0. The molecule has 1 aliphatic rings. The van der Waals surface area contributed by atoms with Gasteiger partial charge < -0.3 is 0 Å². The van der Waals surface area contributed by atoms with Crippen LogP contribution in [0.3, 0.4) is 0 Å². The average molecular weight is 141 g/mol. The van der Waals surface area contributed by atoms with E-state index in [2.05, 4.69) is 5.32 Å². The largest absolute Gasteiger partial charge is 0.296 e. The van der Waals surface area contributed by atoms with E-state index >= 15 is 0 Å². The molecule has 0 aromatic rings. The van der Waals surface area contributed by atoms with E-state index in [1.54, 1.807) is 0 Å². The minimum atomic E-state index is -0.143. The molecule has 0 aromatic heterocycles. The van der Waals surface area contributed by atoms with Gasteiger partial charge in [0, 0.05) is 12.3 Å². The maximum atomic E-state index is 10.9. The van der Waals surface area contributed by atoms with Crippen molar-refractivity contribution in [2.45, 2.75) is 20.3 Å². The van der Waals surface area contributed by atoms with E-state index in [-0.39, 0.29) is 23.7 Å². The molecule has 1 saturated heterocycles. The Bertz CT molecular complexity index is 176. The summed E-state index contributed by atoms with van der Waals surface area (Å²) in [6, 6.07) is 0. The van der Waals surface area contributed by atoms with Gasteiger partial charge in [-0.05, 0) is 5.92 Å². The molecule has 1 aliphatic heterocycles. The molecular weight excluding hydrogens is 130 g/mol. The number of imide groups is 1. The Kier molecular flexibility index (Phi) is 1.74. The van der Waals surface area contributed by atoms with E-state index in [4.69, 9.17) is 0 Å². The van der Waals surface area contributed by atoms with Crippen LogP contribution in [0.2, 0.25) is 0 Å². The second-order valence-corrected chi connectivity index (χ2v) is 2.88. The topological polar surface area (TPSA) is 46.2 Å². The summed E-state index contributed by atoms with van der Waals surface area (Å²) in [5, 5.41) is 2.28. The molecule has 1 rings (SSSR count). The van der Waals surface area contributed by atoms with Crippen molar-refractivity contribution in [3.63, 3.8) is 0 Å². The molecule has 0 bridgehead atoms. The zero-order valence-electron chi connectivity index (χ0n) is 6.18. The van der Waals surface area contributed by atoms with Crippen LogP contribution in [-0.2, 0) is 9.59 Å². The third-order valence-corrected chi connectivity index (χ3v) is 2.04. The van der Waals surface area contributed by atoms with Crippen LogP contribution in [0, 0.1) is 11.8 Å². The number of amides is 2. The summed E-state index contributed by atoms with van der Waals surface area (Å²) in [4.78, 5) is 21.6.